The zero-order valence-electron chi connectivity index (χ0n) is 15.5. The number of hydrogen-bond acceptors (Lipinski definition) is 5. The van der Waals surface area contributed by atoms with Gasteiger partial charge in [0.05, 0.1) is 11.2 Å². The number of hydrogen-bond donors (Lipinski definition) is 0. The van der Waals surface area contributed by atoms with Crippen molar-refractivity contribution in [2.75, 3.05) is 24.7 Å². The van der Waals surface area contributed by atoms with Gasteiger partial charge >= 0.3 is 7.12 Å². The standard InChI is InChI=1S/C18H29BN2O3/c1-6-21(15-9-11-22-12-10-15)16-8-7-14(13-20-16)19-23-17(2,3)18(4,5)24-19/h7-8,13,15H,6,9-12H2,1-5H3. The Kier molecular flexibility index (Phi) is 4.91. The van der Waals surface area contributed by atoms with E-state index >= 15 is 0 Å². The van der Waals surface area contributed by atoms with Gasteiger partial charge in [-0.25, -0.2) is 4.98 Å². The Balaban J connectivity index is 1.73. The van der Waals surface area contributed by atoms with Crippen molar-refractivity contribution < 1.29 is 14.0 Å². The Morgan fingerprint density at radius 1 is 1.12 bits per heavy atom. The lowest BCUT2D eigenvalue weighted by Crippen LogP contribution is -2.41. The topological polar surface area (TPSA) is 43.8 Å². The van der Waals surface area contributed by atoms with Crippen LogP contribution in [0.3, 0.4) is 0 Å². The second-order valence-corrected chi connectivity index (χ2v) is 7.67. The lowest BCUT2D eigenvalue weighted by molar-refractivity contribution is 0.00578. The molecular weight excluding hydrogens is 303 g/mol. The zero-order valence-corrected chi connectivity index (χ0v) is 15.5. The molecule has 0 bridgehead atoms. The van der Waals surface area contributed by atoms with Gasteiger partial charge in [0.1, 0.15) is 5.82 Å². The van der Waals surface area contributed by atoms with Gasteiger partial charge in [-0.15, -0.1) is 0 Å². The molecule has 0 N–H and O–H groups in total. The average molecular weight is 332 g/mol. The number of aromatic nitrogens is 1. The fourth-order valence-electron chi connectivity index (χ4n) is 3.29. The highest BCUT2D eigenvalue weighted by Crippen LogP contribution is 2.36. The van der Waals surface area contributed by atoms with Crippen molar-refractivity contribution in [3.05, 3.63) is 18.3 Å². The van der Waals surface area contributed by atoms with Gasteiger partial charge in [-0.1, -0.05) is 6.07 Å². The van der Waals surface area contributed by atoms with Crippen LogP contribution in [0, 0.1) is 0 Å². The summed E-state index contributed by atoms with van der Waals surface area (Å²) in [6.07, 6.45) is 4.02. The Hall–Kier alpha value is -1.11. The normalized spacial score (nSPS) is 23.5. The molecule has 0 atom stereocenters. The van der Waals surface area contributed by atoms with Crippen LogP contribution in [0.4, 0.5) is 5.82 Å². The SMILES string of the molecule is CCN(c1ccc(B2OC(C)(C)C(C)(C)O2)cn1)C1CCOCC1. The minimum absolute atomic E-state index is 0.326. The van der Waals surface area contributed by atoms with Crippen LogP contribution in [0.1, 0.15) is 47.5 Å². The summed E-state index contributed by atoms with van der Waals surface area (Å²) in [6, 6.07) is 4.67. The molecule has 0 radical (unpaired) electrons. The van der Waals surface area contributed by atoms with Gasteiger partial charge in [-0.3, -0.25) is 0 Å². The van der Waals surface area contributed by atoms with Crippen molar-refractivity contribution in [3.63, 3.8) is 0 Å². The van der Waals surface area contributed by atoms with Crippen molar-refractivity contribution in [2.24, 2.45) is 0 Å². The third kappa shape index (κ3) is 3.32. The summed E-state index contributed by atoms with van der Waals surface area (Å²) < 4.78 is 17.7. The third-order valence-corrected chi connectivity index (χ3v) is 5.56. The maximum atomic E-state index is 6.10. The molecule has 3 heterocycles. The van der Waals surface area contributed by atoms with Gasteiger partial charge < -0.3 is 18.9 Å². The molecule has 2 aliphatic heterocycles. The molecular formula is C18H29BN2O3. The van der Waals surface area contributed by atoms with Crippen LogP contribution >= 0.6 is 0 Å². The summed E-state index contributed by atoms with van der Waals surface area (Å²) in [5.41, 5.74) is 0.322. The maximum Gasteiger partial charge on any atom is 0.496 e. The molecule has 0 spiro atoms. The van der Waals surface area contributed by atoms with Crippen molar-refractivity contribution >= 4 is 18.4 Å². The Labute approximate surface area is 145 Å². The molecule has 0 amide bonds. The molecule has 132 valence electrons. The van der Waals surface area contributed by atoms with Gasteiger partial charge in [0, 0.05) is 37.5 Å². The number of ether oxygens (including phenoxy) is 1. The first-order chi connectivity index (χ1) is 11.3. The molecule has 1 aromatic heterocycles. The molecule has 0 aromatic carbocycles. The van der Waals surface area contributed by atoms with E-state index in [0.29, 0.717) is 6.04 Å². The van der Waals surface area contributed by atoms with E-state index in [9.17, 15) is 0 Å². The Bertz CT molecular complexity index is 540. The number of anilines is 1. The van der Waals surface area contributed by atoms with Gasteiger partial charge in [-0.2, -0.15) is 0 Å². The maximum absolute atomic E-state index is 6.10. The van der Waals surface area contributed by atoms with Crippen LogP contribution < -0.4 is 10.4 Å². The first kappa shape index (κ1) is 17.7. The van der Waals surface area contributed by atoms with E-state index in [2.05, 4.69) is 51.7 Å². The largest absolute Gasteiger partial charge is 0.496 e. The van der Waals surface area contributed by atoms with Crippen LogP contribution in [-0.4, -0.2) is 49.1 Å². The smallest absolute Gasteiger partial charge is 0.399 e. The lowest BCUT2D eigenvalue weighted by atomic mass is 9.80. The quantitative estimate of drug-likeness (QED) is 0.792. The fourth-order valence-corrected chi connectivity index (χ4v) is 3.29. The van der Waals surface area contributed by atoms with Crippen LogP contribution in [-0.2, 0) is 14.0 Å². The van der Waals surface area contributed by atoms with Gasteiger partial charge in [0.15, 0.2) is 0 Å². The zero-order chi connectivity index (χ0) is 17.4. The molecule has 1 aromatic rings. The molecule has 2 aliphatic rings. The average Bonchev–Trinajstić information content (AvgIpc) is 2.78. The van der Waals surface area contributed by atoms with E-state index in [1.165, 1.54) is 0 Å². The highest BCUT2D eigenvalue weighted by Gasteiger charge is 2.51. The van der Waals surface area contributed by atoms with E-state index < -0.39 is 0 Å². The van der Waals surface area contributed by atoms with E-state index in [1.807, 2.05) is 6.20 Å². The summed E-state index contributed by atoms with van der Waals surface area (Å²) in [6.45, 7) is 13.1. The summed E-state index contributed by atoms with van der Waals surface area (Å²) in [4.78, 5) is 7.06. The molecule has 3 rings (SSSR count). The van der Waals surface area contributed by atoms with Crippen molar-refractivity contribution in [1.29, 1.82) is 0 Å². The predicted octanol–water partition coefficient (Wildman–Crippen LogP) is 2.39. The molecule has 0 unspecified atom stereocenters. The van der Waals surface area contributed by atoms with Gasteiger partial charge in [0.2, 0.25) is 0 Å². The molecule has 2 saturated heterocycles. The molecule has 0 aliphatic carbocycles. The van der Waals surface area contributed by atoms with Crippen molar-refractivity contribution in [1.82, 2.24) is 4.98 Å². The molecule has 6 heteroatoms. The third-order valence-electron chi connectivity index (χ3n) is 5.56. The highest BCUT2D eigenvalue weighted by molar-refractivity contribution is 6.62. The van der Waals surface area contributed by atoms with Crippen LogP contribution in [0.2, 0.25) is 0 Å². The summed E-state index contributed by atoms with van der Waals surface area (Å²) in [7, 11) is -0.352. The predicted molar refractivity (Wildman–Crippen MR) is 96.8 cm³/mol. The second-order valence-electron chi connectivity index (χ2n) is 7.67. The van der Waals surface area contributed by atoms with Crippen LogP contribution in [0.5, 0.6) is 0 Å². The molecule has 0 saturated carbocycles. The van der Waals surface area contributed by atoms with Gasteiger partial charge in [-0.05, 0) is 53.5 Å². The summed E-state index contributed by atoms with van der Waals surface area (Å²) in [5, 5.41) is 0. The van der Waals surface area contributed by atoms with Crippen molar-refractivity contribution in [2.45, 2.75) is 64.7 Å². The number of rotatable bonds is 4. The Morgan fingerprint density at radius 2 is 1.75 bits per heavy atom. The van der Waals surface area contributed by atoms with Crippen LogP contribution in [0.25, 0.3) is 0 Å². The number of nitrogens with zero attached hydrogens (tertiary/aromatic N) is 2. The lowest BCUT2D eigenvalue weighted by Gasteiger charge is -2.34. The summed E-state index contributed by atoms with van der Waals surface area (Å²) >= 11 is 0. The fraction of sp³-hybridized carbons (Fsp3) is 0.722. The minimum atomic E-state index is -0.352. The monoisotopic (exact) mass is 332 g/mol. The first-order valence-electron chi connectivity index (χ1n) is 9.00. The van der Waals surface area contributed by atoms with Gasteiger partial charge in [0.25, 0.3) is 0 Å². The Morgan fingerprint density at radius 3 is 2.25 bits per heavy atom. The molecule has 5 nitrogen and oxygen atoms in total. The van der Waals surface area contributed by atoms with Crippen LogP contribution in [0.15, 0.2) is 18.3 Å². The molecule has 24 heavy (non-hydrogen) atoms. The highest BCUT2D eigenvalue weighted by atomic mass is 16.7. The van der Waals surface area contributed by atoms with E-state index in [4.69, 9.17) is 19.0 Å². The summed E-state index contributed by atoms with van der Waals surface area (Å²) in [5.74, 6) is 1.02. The van der Waals surface area contributed by atoms with E-state index in [-0.39, 0.29) is 18.3 Å². The number of pyridine rings is 1. The van der Waals surface area contributed by atoms with E-state index in [1.54, 1.807) is 0 Å². The minimum Gasteiger partial charge on any atom is -0.399 e. The second kappa shape index (κ2) is 6.66. The van der Waals surface area contributed by atoms with Crippen molar-refractivity contribution in [3.8, 4) is 0 Å². The molecule has 2 fully saturated rings. The van der Waals surface area contributed by atoms with E-state index in [0.717, 1.165) is 43.9 Å². The first-order valence-corrected chi connectivity index (χ1v) is 9.00.